The molecule has 9 heteroatoms. The molecule has 118 valence electrons. The maximum Gasteiger partial charge on any atom is 0.453 e. The Balaban J connectivity index is 2.24. The highest BCUT2D eigenvalue weighted by Gasteiger charge is 2.38. The Morgan fingerprint density at radius 1 is 1.00 bits per heavy atom. The SMILES string of the molecule is Fc1ccc(-c2nc(C(F)(F)F)nn2-c2ccccn2)c(F)c1. The molecule has 0 N–H and O–H groups in total. The molecule has 0 bridgehead atoms. The fraction of sp³-hybridized carbons (Fsp3) is 0.0714. The summed E-state index contributed by atoms with van der Waals surface area (Å²) >= 11 is 0. The molecule has 0 amide bonds. The molecular weight excluding hydrogens is 319 g/mol. The van der Waals surface area contributed by atoms with Crippen molar-refractivity contribution in [1.29, 1.82) is 0 Å². The van der Waals surface area contributed by atoms with E-state index in [1.165, 1.54) is 18.3 Å². The molecule has 0 radical (unpaired) electrons. The van der Waals surface area contributed by atoms with Crippen LogP contribution in [0.2, 0.25) is 0 Å². The highest BCUT2D eigenvalue weighted by atomic mass is 19.4. The van der Waals surface area contributed by atoms with Crippen molar-refractivity contribution in [3.05, 3.63) is 60.1 Å². The van der Waals surface area contributed by atoms with E-state index in [2.05, 4.69) is 15.1 Å². The van der Waals surface area contributed by atoms with Crippen molar-refractivity contribution in [1.82, 2.24) is 19.7 Å². The minimum absolute atomic E-state index is 0.0224. The van der Waals surface area contributed by atoms with E-state index in [1.54, 1.807) is 6.07 Å². The third-order valence-electron chi connectivity index (χ3n) is 2.90. The highest BCUT2D eigenvalue weighted by molar-refractivity contribution is 5.58. The van der Waals surface area contributed by atoms with Gasteiger partial charge in [0.15, 0.2) is 11.6 Å². The van der Waals surface area contributed by atoms with Crippen LogP contribution in [-0.2, 0) is 6.18 Å². The number of benzene rings is 1. The summed E-state index contributed by atoms with van der Waals surface area (Å²) < 4.78 is 66.3. The summed E-state index contributed by atoms with van der Waals surface area (Å²) in [4.78, 5) is 7.22. The monoisotopic (exact) mass is 326 g/mol. The maximum atomic E-state index is 13.9. The average molecular weight is 326 g/mol. The van der Waals surface area contributed by atoms with E-state index in [1.807, 2.05) is 0 Å². The number of hydrogen-bond donors (Lipinski definition) is 0. The van der Waals surface area contributed by atoms with E-state index < -0.39 is 29.5 Å². The van der Waals surface area contributed by atoms with E-state index >= 15 is 0 Å². The number of rotatable bonds is 2. The third kappa shape index (κ3) is 2.89. The van der Waals surface area contributed by atoms with Crippen molar-refractivity contribution in [2.24, 2.45) is 0 Å². The fourth-order valence-electron chi connectivity index (χ4n) is 1.92. The molecule has 1 aromatic carbocycles. The van der Waals surface area contributed by atoms with Crippen LogP contribution in [0, 0.1) is 11.6 Å². The first-order valence-corrected chi connectivity index (χ1v) is 6.27. The molecule has 3 aromatic rings. The molecule has 3 rings (SSSR count). The molecule has 23 heavy (non-hydrogen) atoms. The summed E-state index contributed by atoms with van der Waals surface area (Å²) in [5.74, 6) is -3.75. The van der Waals surface area contributed by atoms with E-state index in [-0.39, 0.29) is 11.4 Å². The number of pyridine rings is 1. The standard InChI is InChI=1S/C14H7F5N4/c15-8-4-5-9(10(16)7-8)12-21-13(14(17,18)19)22-23(12)11-3-1-2-6-20-11/h1-7H. The zero-order valence-corrected chi connectivity index (χ0v) is 11.2. The first kappa shape index (κ1) is 15.1. The largest absolute Gasteiger partial charge is 0.453 e. The lowest BCUT2D eigenvalue weighted by atomic mass is 10.2. The summed E-state index contributed by atoms with van der Waals surface area (Å²) in [6, 6.07) is 6.95. The lowest BCUT2D eigenvalue weighted by Crippen LogP contribution is -2.09. The van der Waals surface area contributed by atoms with Crippen LogP contribution in [0.1, 0.15) is 5.82 Å². The van der Waals surface area contributed by atoms with Crippen molar-refractivity contribution < 1.29 is 22.0 Å². The van der Waals surface area contributed by atoms with Gasteiger partial charge in [-0.05, 0) is 24.3 Å². The predicted molar refractivity (Wildman–Crippen MR) is 69.5 cm³/mol. The van der Waals surface area contributed by atoms with Gasteiger partial charge in [0.1, 0.15) is 11.6 Å². The Labute approximate surface area is 126 Å². The molecule has 0 aliphatic heterocycles. The molecule has 0 aliphatic carbocycles. The summed E-state index contributed by atoms with van der Waals surface area (Å²) in [6.45, 7) is 0. The van der Waals surface area contributed by atoms with Gasteiger partial charge in [-0.25, -0.2) is 18.7 Å². The molecule has 0 spiro atoms. The van der Waals surface area contributed by atoms with Crippen molar-refractivity contribution in [2.45, 2.75) is 6.18 Å². The van der Waals surface area contributed by atoms with Gasteiger partial charge in [-0.1, -0.05) is 6.07 Å². The fourth-order valence-corrected chi connectivity index (χ4v) is 1.92. The van der Waals surface area contributed by atoms with Crippen LogP contribution in [0.3, 0.4) is 0 Å². The van der Waals surface area contributed by atoms with Crippen LogP contribution in [0.15, 0.2) is 42.6 Å². The van der Waals surface area contributed by atoms with Crippen LogP contribution in [0.5, 0.6) is 0 Å². The summed E-state index contributed by atoms with van der Waals surface area (Å²) in [5.41, 5.74) is -0.319. The second-order valence-corrected chi connectivity index (χ2v) is 4.48. The Morgan fingerprint density at radius 3 is 2.39 bits per heavy atom. The number of alkyl halides is 3. The van der Waals surface area contributed by atoms with E-state index in [0.717, 1.165) is 16.8 Å². The zero-order valence-electron chi connectivity index (χ0n) is 11.2. The Bertz CT molecular complexity index is 842. The van der Waals surface area contributed by atoms with Gasteiger partial charge < -0.3 is 0 Å². The van der Waals surface area contributed by atoms with Crippen molar-refractivity contribution in [3.8, 4) is 17.2 Å². The molecule has 0 unspecified atom stereocenters. The summed E-state index contributed by atoms with van der Waals surface area (Å²) in [6.07, 6.45) is -3.47. The zero-order chi connectivity index (χ0) is 16.6. The average Bonchev–Trinajstić information content (AvgIpc) is 2.93. The molecule has 0 atom stereocenters. The minimum atomic E-state index is -4.81. The Kier molecular flexibility index (Phi) is 3.55. The van der Waals surface area contributed by atoms with Gasteiger partial charge in [-0.15, -0.1) is 5.10 Å². The van der Waals surface area contributed by atoms with E-state index in [9.17, 15) is 22.0 Å². The van der Waals surface area contributed by atoms with Gasteiger partial charge in [0.05, 0.1) is 5.56 Å². The van der Waals surface area contributed by atoms with Crippen LogP contribution in [-0.4, -0.2) is 19.7 Å². The number of nitrogens with zero attached hydrogens (tertiary/aromatic N) is 4. The van der Waals surface area contributed by atoms with Gasteiger partial charge >= 0.3 is 6.18 Å². The number of hydrogen-bond acceptors (Lipinski definition) is 3. The van der Waals surface area contributed by atoms with Crippen molar-refractivity contribution in [2.75, 3.05) is 0 Å². The molecule has 0 aliphatic rings. The summed E-state index contributed by atoms with van der Waals surface area (Å²) in [5, 5.41) is 3.35. The van der Waals surface area contributed by atoms with Gasteiger partial charge in [0.25, 0.3) is 5.82 Å². The highest BCUT2D eigenvalue weighted by Crippen LogP contribution is 2.31. The maximum absolute atomic E-state index is 13.9. The van der Waals surface area contributed by atoms with Crippen LogP contribution < -0.4 is 0 Å². The Hall–Kier alpha value is -2.84. The molecule has 4 nitrogen and oxygen atoms in total. The number of aromatic nitrogens is 4. The van der Waals surface area contributed by atoms with Crippen LogP contribution in [0.4, 0.5) is 22.0 Å². The second-order valence-electron chi connectivity index (χ2n) is 4.48. The molecule has 0 fully saturated rings. The van der Waals surface area contributed by atoms with E-state index in [0.29, 0.717) is 6.07 Å². The lowest BCUT2D eigenvalue weighted by molar-refractivity contribution is -0.144. The quantitative estimate of drug-likeness (QED) is 0.676. The number of halogens is 5. The second kappa shape index (κ2) is 5.41. The van der Waals surface area contributed by atoms with Gasteiger partial charge in [-0.2, -0.15) is 17.9 Å². The minimum Gasteiger partial charge on any atom is -0.237 e. The first-order valence-electron chi connectivity index (χ1n) is 6.27. The van der Waals surface area contributed by atoms with E-state index in [4.69, 9.17) is 0 Å². The predicted octanol–water partition coefficient (Wildman–Crippen LogP) is 3.63. The van der Waals surface area contributed by atoms with Crippen LogP contribution >= 0.6 is 0 Å². The third-order valence-corrected chi connectivity index (χ3v) is 2.90. The normalized spacial score (nSPS) is 11.7. The van der Waals surface area contributed by atoms with Crippen molar-refractivity contribution >= 4 is 0 Å². The first-order chi connectivity index (χ1) is 10.9. The van der Waals surface area contributed by atoms with Gasteiger partial charge in [0, 0.05) is 12.3 Å². The molecule has 2 heterocycles. The lowest BCUT2D eigenvalue weighted by Gasteiger charge is -2.05. The molecule has 0 saturated heterocycles. The molecule has 0 saturated carbocycles. The Morgan fingerprint density at radius 2 is 1.78 bits per heavy atom. The molecule has 2 aromatic heterocycles. The summed E-state index contributed by atoms with van der Waals surface area (Å²) in [7, 11) is 0. The van der Waals surface area contributed by atoms with Crippen molar-refractivity contribution in [3.63, 3.8) is 0 Å². The smallest absolute Gasteiger partial charge is 0.237 e. The van der Waals surface area contributed by atoms with Gasteiger partial charge in [0.2, 0.25) is 0 Å². The van der Waals surface area contributed by atoms with Crippen LogP contribution in [0.25, 0.3) is 17.2 Å². The molecular formula is C14H7F5N4. The topological polar surface area (TPSA) is 43.6 Å². The van der Waals surface area contributed by atoms with Gasteiger partial charge in [-0.3, -0.25) is 0 Å².